The fraction of sp³-hybridized carbons (Fsp3) is 0.786. The summed E-state index contributed by atoms with van der Waals surface area (Å²) in [6.07, 6.45) is 12.8. The van der Waals surface area contributed by atoms with Crippen LogP contribution in [-0.4, -0.2) is 93.0 Å². The number of rotatable bonds is 26. The zero-order valence-electron chi connectivity index (χ0n) is 24.2. The third-order valence-electron chi connectivity index (χ3n) is 5.35. The van der Waals surface area contributed by atoms with Crippen LogP contribution >= 0.6 is 21.6 Å². The standard InChI is InChI=1S/C28H48N2O8S2/c1-4-7-9-10-11-12-14-25(31)37-20-22-39-40-23-21-38-28(34)30(18-15-26(32)36-19-8-5-2)17-13-16-29-24-27(33)35-6-3/h2,29H,4,6-24H2,1,3H3. The van der Waals surface area contributed by atoms with Crippen LogP contribution in [0.1, 0.15) is 78.1 Å². The van der Waals surface area contributed by atoms with Crippen molar-refractivity contribution in [2.24, 2.45) is 0 Å². The number of nitrogens with zero attached hydrogens (tertiary/aromatic N) is 1. The van der Waals surface area contributed by atoms with Crippen LogP contribution in [0.4, 0.5) is 4.79 Å². The van der Waals surface area contributed by atoms with Crippen molar-refractivity contribution in [3.05, 3.63) is 0 Å². The molecular weight excluding hydrogens is 556 g/mol. The number of nitrogens with one attached hydrogen (secondary N) is 1. The zero-order valence-corrected chi connectivity index (χ0v) is 25.9. The van der Waals surface area contributed by atoms with E-state index < -0.39 is 12.1 Å². The molecule has 230 valence electrons. The molecule has 0 rings (SSSR count). The Balaban J connectivity index is 4.14. The Kier molecular flexibility index (Phi) is 26.9. The van der Waals surface area contributed by atoms with Gasteiger partial charge in [0, 0.05) is 37.4 Å². The van der Waals surface area contributed by atoms with E-state index in [1.54, 1.807) is 17.7 Å². The van der Waals surface area contributed by atoms with Crippen molar-refractivity contribution in [3.63, 3.8) is 0 Å². The number of carbonyl (C=O) groups is 4. The molecule has 0 radical (unpaired) electrons. The zero-order chi connectivity index (χ0) is 29.7. The van der Waals surface area contributed by atoms with Gasteiger partial charge in [-0.25, -0.2) is 4.79 Å². The predicted molar refractivity (Wildman–Crippen MR) is 160 cm³/mol. The highest BCUT2D eigenvalue weighted by molar-refractivity contribution is 8.76. The van der Waals surface area contributed by atoms with Crippen molar-refractivity contribution >= 4 is 45.6 Å². The summed E-state index contributed by atoms with van der Waals surface area (Å²) in [7, 11) is 3.09. The van der Waals surface area contributed by atoms with E-state index in [2.05, 4.69) is 18.2 Å². The first-order valence-electron chi connectivity index (χ1n) is 14.2. The van der Waals surface area contributed by atoms with Crippen LogP contribution in [0.2, 0.25) is 0 Å². The van der Waals surface area contributed by atoms with E-state index in [-0.39, 0.29) is 44.7 Å². The molecule has 0 saturated heterocycles. The van der Waals surface area contributed by atoms with Gasteiger partial charge in [0.15, 0.2) is 0 Å². The van der Waals surface area contributed by atoms with Crippen LogP contribution in [0.5, 0.6) is 0 Å². The average Bonchev–Trinajstić information content (AvgIpc) is 2.93. The first kappa shape index (κ1) is 37.9. The molecule has 0 aliphatic carbocycles. The van der Waals surface area contributed by atoms with Crippen molar-refractivity contribution in [2.75, 3.05) is 64.1 Å². The molecule has 1 amide bonds. The molecule has 0 heterocycles. The topological polar surface area (TPSA) is 120 Å². The van der Waals surface area contributed by atoms with Crippen LogP contribution < -0.4 is 5.32 Å². The van der Waals surface area contributed by atoms with Gasteiger partial charge in [-0.1, -0.05) is 60.6 Å². The molecule has 40 heavy (non-hydrogen) atoms. The lowest BCUT2D eigenvalue weighted by Gasteiger charge is -2.22. The summed E-state index contributed by atoms with van der Waals surface area (Å²) < 4.78 is 20.5. The fourth-order valence-corrected chi connectivity index (χ4v) is 4.95. The van der Waals surface area contributed by atoms with E-state index in [0.717, 1.165) is 12.8 Å². The third kappa shape index (κ3) is 24.9. The minimum Gasteiger partial charge on any atom is -0.465 e. The van der Waals surface area contributed by atoms with E-state index in [0.29, 0.717) is 57.1 Å². The largest absolute Gasteiger partial charge is 0.465 e. The summed E-state index contributed by atoms with van der Waals surface area (Å²) in [6.45, 7) is 6.04. The highest BCUT2D eigenvalue weighted by atomic mass is 33.1. The Hall–Kier alpha value is -2.10. The number of hydrogen-bond acceptors (Lipinski definition) is 11. The van der Waals surface area contributed by atoms with Gasteiger partial charge in [-0.3, -0.25) is 14.4 Å². The van der Waals surface area contributed by atoms with Gasteiger partial charge in [0.2, 0.25) is 0 Å². The molecule has 0 atom stereocenters. The lowest BCUT2D eigenvalue weighted by Crippen LogP contribution is -2.36. The number of terminal acetylenes is 1. The summed E-state index contributed by atoms with van der Waals surface area (Å²) in [5.41, 5.74) is 0. The first-order chi connectivity index (χ1) is 19.4. The number of hydrogen-bond donors (Lipinski definition) is 1. The summed E-state index contributed by atoms with van der Waals surface area (Å²) in [5, 5.41) is 2.96. The fourth-order valence-electron chi connectivity index (χ4n) is 3.30. The lowest BCUT2D eigenvalue weighted by molar-refractivity contribution is -0.144. The maximum atomic E-state index is 12.6. The molecule has 12 heteroatoms. The lowest BCUT2D eigenvalue weighted by atomic mass is 10.1. The van der Waals surface area contributed by atoms with E-state index in [1.807, 2.05) is 0 Å². The predicted octanol–water partition coefficient (Wildman–Crippen LogP) is 4.60. The Bertz CT molecular complexity index is 734. The van der Waals surface area contributed by atoms with Crippen LogP contribution in [0.3, 0.4) is 0 Å². The van der Waals surface area contributed by atoms with Crippen LogP contribution in [0.25, 0.3) is 0 Å². The van der Waals surface area contributed by atoms with Crippen molar-refractivity contribution in [2.45, 2.75) is 78.1 Å². The van der Waals surface area contributed by atoms with Crippen molar-refractivity contribution in [3.8, 4) is 12.3 Å². The van der Waals surface area contributed by atoms with E-state index in [4.69, 9.17) is 25.4 Å². The Morgan fingerprint density at radius 2 is 1.40 bits per heavy atom. The van der Waals surface area contributed by atoms with Crippen LogP contribution in [-0.2, 0) is 33.3 Å². The first-order valence-corrected chi connectivity index (χ1v) is 16.7. The van der Waals surface area contributed by atoms with Crippen molar-refractivity contribution in [1.29, 1.82) is 0 Å². The molecule has 0 aromatic heterocycles. The van der Waals surface area contributed by atoms with E-state index >= 15 is 0 Å². The minimum absolute atomic E-state index is 0.0259. The van der Waals surface area contributed by atoms with Crippen molar-refractivity contribution in [1.82, 2.24) is 10.2 Å². The molecule has 0 saturated carbocycles. The van der Waals surface area contributed by atoms with Gasteiger partial charge < -0.3 is 29.2 Å². The van der Waals surface area contributed by atoms with Gasteiger partial charge in [0.25, 0.3) is 0 Å². The Labute approximate surface area is 248 Å². The quantitative estimate of drug-likeness (QED) is 0.0490. The van der Waals surface area contributed by atoms with Gasteiger partial charge in [-0.15, -0.1) is 12.3 Å². The SMILES string of the molecule is C#CCCOC(=O)CCN(CCCNCC(=O)OCC)C(=O)OCCSSCCOC(=O)CCCCCCCC. The highest BCUT2D eigenvalue weighted by Gasteiger charge is 2.17. The number of carbonyl (C=O) groups excluding carboxylic acids is 4. The molecule has 10 nitrogen and oxygen atoms in total. The summed E-state index contributed by atoms with van der Waals surface area (Å²) in [4.78, 5) is 49.2. The van der Waals surface area contributed by atoms with Crippen LogP contribution in [0.15, 0.2) is 0 Å². The van der Waals surface area contributed by atoms with Gasteiger partial charge >= 0.3 is 24.0 Å². The van der Waals surface area contributed by atoms with Gasteiger partial charge in [0.1, 0.15) is 19.8 Å². The van der Waals surface area contributed by atoms with Gasteiger partial charge in [-0.2, -0.15) is 0 Å². The van der Waals surface area contributed by atoms with E-state index in [1.165, 1.54) is 41.4 Å². The summed E-state index contributed by atoms with van der Waals surface area (Å²) >= 11 is 0. The molecule has 0 aromatic carbocycles. The minimum atomic E-state index is -0.518. The Morgan fingerprint density at radius 1 is 0.750 bits per heavy atom. The second-order valence-electron chi connectivity index (χ2n) is 8.74. The van der Waals surface area contributed by atoms with Crippen molar-refractivity contribution < 1.29 is 38.1 Å². The third-order valence-corrected chi connectivity index (χ3v) is 7.68. The molecule has 0 fully saturated rings. The summed E-state index contributed by atoms with van der Waals surface area (Å²) in [6, 6.07) is 0. The maximum absolute atomic E-state index is 12.6. The number of ether oxygens (including phenoxy) is 4. The second-order valence-corrected chi connectivity index (χ2v) is 11.4. The smallest absolute Gasteiger partial charge is 0.409 e. The molecule has 0 bridgehead atoms. The highest BCUT2D eigenvalue weighted by Crippen LogP contribution is 2.20. The molecular formula is C28H48N2O8S2. The number of esters is 3. The summed E-state index contributed by atoms with van der Waals surface area (Å²) in [5.74, 6) is 2.71. The average molecular weight is 605 g/mol. The van der Waals surface area contributed by atoms with E-state index in [9.17, 15) is 19.2 Å². The second kappa shape index (κ2) is 28.4. The number of unbranched alkanes of at least 4 members (excludes halogenated alkanes) is 5. The molecule has 1 N–H and O–H groups in total. The maximum Gasteiger partial charge on any atom is 0.409 e. The Morgan fingerprint density at radius 3 is 2.10 bits per heavy atom. The van der Waals surface area contributed by atoms with Crippen LogP contribution in [0, 0.1) is 12.3 Å². The van der Waals surface area contributed by atoms with Gasteiger partial charge in [-0.05, 0) is 26.3 Å². The monoisotopic (exact) mass is 604 g/mol. The molecule has 0 aromatic rings. The molecule has 0 aliphatic rings. The molecule has 0 aliphatic heterocycles. The number of amides is 1. The van der Waals surface area contributed by atoms with Gasteiger partial charge in [0.05, 0.1) is 19.6 Å². The molecule has 0 unspecified atom stereocenters. The molecule has 0 spiro atoms. The normalized spacial score (nSPS) is 10.4.